The van der Waals surface area contributed by atoms with Crippen molar-refractivity contribution in [3.63, 3.8) is 0 Å². The largest absolute Gasteiger partial charge is 0.388 e. The van der Waals surface area contributed by atoms with E-state index < -0.39 is 0 Å². The highest BCUT2D eigenvalue weighted by Crippen LogP contribution is 2.30. The Hall–Kier alpha value is -1.23. The zero-order valence-electron chi connectivity index (χ0n) is 11.5. The van der Waals surface area contributed by atoms with Crippen LogP contribution in [0, 0.1) is 0 Å². The predicted octanol–water partition coefficient (Wildman–Crippen LogP) is 2.53. The highest BCUT2D eigenvalue weighted by Gasteiger charge is 2.28. The lowest BCUT2D eigenvalue weighted by atomic mass is 10.2. The maximum Gasteiger partial charge on any atom is 0.270 e. The number of carbonyl (C=O) groups excluding carboxylic acids is 1. The van der Waals surface area contributed by atoms with Gasteiger partial charge in [0, 0.05) is 30.2 Å². The average Bonchev–Trinajstić information content (AvgIpc) is 2.86. The summed E-state index contributed by atoms with van der Waals surface area (Å²) in [4.78, 5) is 16.3. The summed E-state index contributed by atoms with van der Waals surface area (Å²) in [6.07, 6.45) is 5.14. The number of hydrogen-bond donors (Lipinski definition) is 2. The van der Waals surface area contributed by atoms with E-state index in [0.29, 0.717) is 10.9 Å². The molecule has 1 amide bonds. The first-order chi connectivity index (χ1) is 9.24. The van der Waals surface area contributed by atoms with Crippen molar-refractivity contribution >= 4 is 23.4 Å². The van der Waals surface area contributed by atoms with Crippen molar-refractivity contribution in [2.45, 2.75) is 37.5 Å². The molecule has 1 aromatic rings. The van der Waals surface area contributed by atoms with Crippen molar-refractivity contribution in [1.29, 1.82) is 0 Å². The lowest BCUT2D eigenvalue weighted by molar-refractivity contribution is 0.0933. The smallest absolute Gasteiger partial charge is 0.270 e. The number of anilines is 1. The summed E-state index contributed by atoms with van der Waals surface area (Å²) >= 11 is 1.94. The summed E-state index contributed by atoms with van der Waals surface area (Å²) in [5.41, 5.74) is 1.39. The summed E-state index contributed by atoms with van der Waals surface area (Å²) in [7, 11) is 1.84. The molecule has 0 aliphatic heterocycles. The van der Waals surface area contributed by atoms with E-state index in [0.717, 1.165) is 17.9 Å². The quantitative estimate of drug-likeness (QED) is 0.869. The van der Waals surface area contributed by atoms with Crippen LogP contribution in [0.1, 0.15) is 36.7 Å². The molecule has 2 rings (SSSR count). The lowest BCUT2D eigenvalue weighted by Crippen LogP contribution is -2.39. The number of nitrogens with zero attached hydrogens (tertiary/aromatic N) is 1. The van der Waals surface area contributed by atoms with Crippen LogP contribution in [0.5, 0.6) is 0 Å². The first-order valence-electron chi connectivity index (χ1n) is 6.81. The molecule has 0 bridgehead atoms. The van der Waals surface area contributed by atoms with Crippen LogP contribution in [0.2, 0.25) is 0 Å². The standard InChI is InChI=1S/C14H21N3OS/c1-3-19-13-6-4-5-11(13)17-14(18)12-9-10(15-2)7-8-16-12/h7-9,11,13H,3-6H2,1-2H3,(H,15,16)(H,17,18). The van der Waals surface area contributed by atoms with Gasteiger partial charge in [0.15, 0.2) is 0 Å². The van der Waals surface area contributed by atoms with Crippen LogP contribution in [-0.2, 0) is 0 Å². The second kappa shape index (κ2) is 6.80. The van der Waals surface area contributed by atoms with Crippen LogP contribution >= 0.6 is 11.8 Å². The third kappa shape index (κ3) is 3.62. The van der Waals surface area contributed by atoms with Gasteiger partial charge in [-0.1, -0.05) is 13.3 Å². The van der Waals surface area contributed by atoms with Crippen molar-refractivity contribution < 1.29 is 4.79 Å². The van der Waals surface area contributed by atoms with Gasteiger partial charge >= 0.3 is 0 Å². The maximum absolute atomic E-state index is 12.2. The second-order valence-corrected chi connectivity index (χ2v) is 6.20. The number of thioether (sulfide) groups is 1. The number of amides is 1. The average molecular weight is 279 g/mol. The van der Waals surface area contributed by atoms with Crippen LogP contribution in [0.25, 0.3) is 0 Å². The summed E-state index contributed by atoms with van der Waals surface area (Å²) in [6, 6.07) is 3.92. The molecular formula is C14H21N3OS. The number of carbonyl (C=O) groups is 1. The van der Waals surface area contributed by atoms with E-state index in [1.165, 1.54) is 12.8 Å². The molecule has 0 saturated heterocycles. The molecule has 19 heavy (non-hydrogen) atoms. The van der Waals surface area contributed by atoms with Gasteiger partial charge in [-0.05, 0) is 30.7 Å². The van der Waals surface area contributed by atoms with Crippen molar-refractivity contribution in [3.05, 3.63) is 24.0 Å². The van der Waals surface area contributed by atoms with Crippen molar-refractivity contribution in [3.8, 4) is 0 Å². The molecule has 2 atom stereocenters. The third-order valence-electron chi connectivity index (χ3n) is 3.43. The van der Waals surface area contributed by atoms with Gasteiger partial charge < -0.3 is 10.6 Å². The molecule has 5 heteroatoms. The fraction of sp³-hybridized carbons (Fsp3) is 0.571. The minimum absolute atomic E-state index is 0.0642. The Morgan fingerprint density at radius 2 is 2.37 bits per heavy atom. The molecule has 1 saturated carbocycles. The zero-order chi connectivity index (χ0) is 13.7. The molecule has 4 nitrogen and oxygen atoms in total. The number of hydrogen-bond acceptors (Lipinski definition) is 4. The molecule has 1 aliphatic carbocycles. The van der Waals surface area contributed by atoms with Gasteiger partial charge in [0.2, 0.25) is 0 Å². The summed E-state index contributed by atoms with van der Waals surface area (Å²) in [5, 5.41) is 6.71. The Bertz CT molecular complexity index is 438. The molecule has 1 fully saturated rings. The summed E-state index contributed by atoms with van der Waals surface area (Å²) in [6.45, 7) is 2.17. The highest BCUT2D eigenvalue weighted by atomic mass is 32.2. The van der Waals surface area contributed by atoms with Crippen LogP contribution in [-0.4, -0.2) is 35.0 Å². The van der Waals surface area contributed by atoms with Gasteiger partial charge in [0.25, 0.3) is 5.91 Å². The molecule has 0 radical (unpaired) electrons. The first kappa shape index (κ1) is 14.2. The Morgan fingerprint density at radius 3 is 3.11 bits per heavy atom. The molecule has 2 unspecified atom stereocenters. The van der Waals surface area contributed by atoms with Gasteiger partial charge in [-0.2, -0.15) is 11.8 Å². The number of pyridine rings is 1. The van der Waals surface area contributed by atoms with Crippen molar-refractivity contribution in [2.75, 3.05) is 18.1 Å². The van der Waals surface area contributed by atoms with Crippen LogP contribution < -0.4 is 10.6 Å². The number of rotatable bonds is 5. The van der Waals surface area contributed by atoms with Crippen LogP contribution in [0.4, 0.5) is 5.69 Å². The van der Waals surface area contributed by atoms with Gasteiger partial charge in [-0.15, -0.1) is 0 Å². The highest BCUT2D eigenvalue weighted by molar-refractivity contribution is 7.99. The fourth-order valence-electron chi connectivity index (χ4n) is 2.46. The van der Waals surface area contributed by atoms with Gasteiger partial charge in [-0.25, -0.2) is 0 Å². The lowest BCUT2D eigenvalue weighted by Gasteiger charge is -2.20. The normalized spacial score (nSPS) is 22.2. The van der Waals surface area contributed by atoms with E-state index in [1.807, 2.05) is 24.9 Å². The predicted molar refractivity (Wildman–Crippen MR) is 80.8 cm³/mol. The van der Waals surface area contributed by atoms with Gasteiger partial charge in [0.1, 0.15) is 5.69 Å². The van der Waals surface area contributed by atoms with Crippen LogP contribution in [0.15, 0.2) is 18.3 Å². The van der Waals surface area contributed by atoms with Crippen molar-refractivity contribution in [1.82, 2.24) is 10.3 Å². The summed E-state index contributed by atoms with van der Waals surface area (Å²) in [5.74, 6) is 1.04. The maximum atomic E-state index is 12.2. The van der Waals surface area contributed by atoms with Gasteiger partial charge in [0.05, 0.1) is 0 Å². The van der Waals surface area contributed by atoms with E-state index in [-0.39, 0.29) is 11.9 Å². The number of nitrogens with one attached hydrogen (secondary N) is 2. The van der Waals surface area contributed by atoms with E-state index in [4.69, 9.17) is 0 Å². The third-order valence-corrected chi connectivity index (χ3v) is 4.76. The second-order valence-electron chi connectivity index (χ2n) is 4.68. The Kier molecular flexibility index (Phi) is 5.07. The molecule has 104 valence electrons. The minimum atomic E-state index is -0.0642. The molecule has 1 aliphatic rings. The molecular weight excluding hydrogens is 258 g/mol. The topological polar surface area (TPSA) is 54.0 Å². The van der Waals surface area contributed by atoms with Crippen molar-refractivity contribution in [2.24, 2.45) is 0 Å². The van der Waals surface area contributed by atoms with E-state index >= 15 is 0 Å². The minimum Gasteiger partial charge on any atom is -0.388 e. The molecule has 0 spiro atoms. The fourth-order valence-corrected chi connectivity index (χ4v) is 3.66. The molecule has 1 heterocycles. The van der Waals surface area contributed by atoms with Crippen LogP contribution in [0.3, 0.4) is 0 Å². The SMILES string of the molecule is CCSC1CCCC1NC(=O)c1cc(NC)ccn1. The first-order valence-corrected chi connectivity index (χ1v) is 7.85. The molecule has 0 aromatic carbocycles. The Labute approximate surface area is 118 Å². The molecule has 1 aromatic heterocycles. The van der Waals surface area contributed by atoms with Gasteiger partial charge in [-0.3, -0.25) is 9.78 Å². The zero-order valence-corrected chi connectivity index (χ0v) is 12.3. The van der Waals surface area contributed by atoms with E-state index in [1.54, 1.807) is 12.3 Å². The molecule has 2 N–H and O–H groups in total. The summed E-state index contributed by atoms with van der Waals surface area (Å²) < 4.78 is 0. The number of aromatic nitrogens is 1. The monoisotopic (exact) mass is 279 g/mol. The Balaban J connectivity index is 1.99. The Morgan fingerprint density at radius 1 is 1.53 bits per heavy atom. The van der Waals surface area contributed by atoms with E-state index in [9.17, 15) is 4.79 Å². The van der Waals surface area contributed by atoms with E-state index in [2.05, 4.69) is 22.5 Å².